The van der Waals surface area contributed by atoms with Crippen molar-refractivity contribution in [2.24, 2.45) is 11.8 Å². The van der Waals surface area contributed by atoms with Crippen LogP contribution >= 0.6 is 0 Å². The maximum Gasteiger partial charge on any atom is 0.0127 e. The van der Waals surface area contributed by atoms with Crippen LogP contribution in [-0.2, 0) is 0 Å². The summed E-state index contributed by atoms with van der Waals surface area (Å²) in [6.07, 6.45) is 16.1. The Hall–Kier alpha value is -0.0800. The smallest absolute Gasteiger partial charge is 0.0127 e. The summed E-state index contributed by atoms with van der Waals surface area (Å²) in [6.45, 7) is 6.35. The number of hydrogen-bond acceptors (Lipinski definition) is 2. The molecule has 1 aliphatic carbocycles. The van der Waals surface area contributed by atoms with Crippen LogP contribution in [0.3, 0.4) is 0 Å². The predicted molar refractivity (Wildman–Crippen MR) is 90.6 cm³/mol. The Bertz CT molecular complexity index is 298. The summed E-state index contributed by atoms with van der Waals surface area (Å²) in [5.74, 6) is 1.96. The van der Waals surface area contributed by atoms with Crippen molar-refractivity contribution in [3.63, 3.8) is 0 Å². The van der Waals surface area contributed by atoms with Gasteiger partial charge in [0.2, 0.25) is 0 Å². The van der Waals surface area contributed by atoms with E-state index in [1.54, 1.807) is 0 Å². The zero-order chi connectivity index (χ0) is 14.5. The fraction of sp³-hybridized carbons (Fsp3) is 1.00. The van der Waals surface area contributed by atoms with Crippen molar-refractivity contribution >= 4 is 0 Å². The molecule has 2 heterocycles. The van der Waals surface area contributed by atoms with Crippen LogP contribution in [0, 0.1) is 11.8 Å². The molecule has 0 aromatic carbocycles. The first kappa shape index (κ1) is 15.8. The number of likely N-dealkylation sites (tertiary alicyclic amines) is 1. The van der Waals surface area contributed by atoms with E-state index in [1.165, 1.54) is 90.3 Å². The minimum absolute atomic E-state index is 0.909. The Morgan fingerprint density at radius 2 is 1.52 bits per heavy atom. The lowest BCUT2D eigenvalue weighted by atomic mass is 9.79. The van der Waals surface area contributed by atoms with E-state index in [4.69, 9.17) is 0 Å². The molecule has 0 spiro atoms. The first-order valence-corrected chi connectivity index (χ1v) is 9.86. The molecule has 1 saturated carbocycles. The Balaban J connectivity index is 1.73. The Labute approximate surface area is 132 Å². The molecule has 2 heteroatoms. The second kappa shape index (κ2) is 7.97. The molecule has 3 atom stereocenters. The van der Waals surface area contributed by atoms with Gasteiger partial charge in [-0.25, -0.2) is 0 Å². The molecule has 2 saturated heterocycles. The van der Waals surface area contributed by atoms with Crippen LogP contribution in [0.5, 0.6) is 0 Å². The Kier molecular flexibility index (Phi) is 5.99. The highest BCUT2D eigenvalue weighted by Crippen LogP contribution is 2.37. The quantitative estimate of drug-likeness (QED) is 0.838. The minimum atomic E-state index is 0.909. The highest BCUT2D eigenvalue weighted by atomic mass is 15.2. The van der Waals surface area contributed by atoms with Crippen molar-refractivity contribution in [2.75, 3.05) is 19.6 Å². The lowest BCUT2D eigenvalue weighted by molar-refractivity contribution is 0.0295. The van der Waals surface area contributed by atoms with E-state index >= 15 is 0 Å². The van der Waals surface area contributed by atoms with Gasteiger partial charge in [0.1, 0.15) is 0 Å². The minimum Gasteiger partial charge on any atom is -0.317 e. The van der Waals surface area contributed by atoms with Crippen LogP contribution in [0.4, 0.5) is 0 Å². The molecule has 3 rings (SSSR count). The number of piperidine rings is 1. The fourth-order valence-electron chi connectivity index (χ4n) is 5.40. The summed E-state index contributed by atoms with van der Waals surface area (Å²) in [5.41, 5.74) is 0. The summed E-state index contributed by atoms with van der Waals surface area (Å²) in [4.78, 5) is 3.04. The summed E-state index contributed by atoms with van der Waals surface area (Å²) < 4.78 is 0. The number of nitrogens with one attached hydrogen (secondary N) is 1. The Morgan fingerprint density at radius 1 is 0.810 bits per heavy atom. The van der Waals surface area contributed by atoms with Gasteiger partial charge in [0.25, 0.3) is 0 Å². The average Bonchev–Trinajstić information content (AvgIpc) is 2.81. The molecule has 2 nitrogen and oxygen atoms in total. The zero-order valence-corrected chi connectivity index (χ0v) is 14.2. The summed E-state index contributed by atoms with van der Waals surface area (Å²) >= 11 is 0. The summed E-state index contributed by atoms with van der Waals surface area (Å²) in [7, 11) is 0. The van der Waals surface area contributed by atoms with Gasteiger partial charge in [0.15, 0.2) is 0 Å². The van der Waals surface area contributed by atoms with Gasteiger partial charge in [0, 0.05) is 12.1 Å². The van der Waals surface area contributed by atoms with Gasteiger partial charge in [-0.15, -0.1) is 0 Å². The normalized spacial score (nSPS) is 37.3. The number of nitrogens with zero attached hydrogens (tertiary/aromatic N) is 1. The van der Waals surface area contributed by atoms with Gasteiger partial charge in [-0.2, -0.15) is 0 Å². The second-order valence-corrected chi connectivity index (χ2v) is 7.76. The van der Waals surface area contributed by atoms with E-state index in [0.29, 0.717) is 0 Å². The molecule has 0 aromatic heterocycles. The van der Waals surface area contributed by atoms with Crippen LogP contribution in [0.1, 0.15) is 77.6 Å². The number of rotatable bonds is 3. The van der Waals surface area contributed by atoms with E-state index in [1.807, 2.05) is 0 Å². The number of hydrogen-bond donors (Lipinski definition) is 1. The average molecular weight is 293 g/mol. The maximum absolute atomic E-state index is 3.57. The molecule has 0 aromatic rings. The molecule has 0 radical (unpaired) electrons. The molecule has 122 valence electrons. The first-order valence-electron chi connectivity index (χ1n) is 9.86. The SMILES string of the molecule is CCC1CCCCC1N1CCCCCC1C1CCNCC1. The molecule has 0 amide bonds. The highest BCUT2D eigenvalue weighted by molar-refractivity contribution is 4.91. The largest absolute Gasteiger partial charge is 0.317 e. The van der Waals surface area contributed by atoms with Crippen LogP contribution in [-0.4, -0.2) is 36.6 Å². The second-order valence-electron chi connectivity index (χ2n) is 7.76. The van der Waals surface area contributed by atoms with Gasteiger partial charge >= 0.3 is 0 Å². The third kappa shape index (κ3) is 3.82. The molecule has 0 bridgehead atoms. The van der Waals surface area contributed by atoms with E-state index in [0.717, 1.165) is 23.9 Å². The van der Waals surface area contributed by atoms with Crippen LogP contribution in [0.2, 0.25) is 0 Å². The zero-order valence-electron chi connectivity index (χ0n) is 14.2. The van der Waals surface area contributed by atoms with Crippen LogP contribution in [0.15, 0.2) is 0 Å². The predicted octanol–water partition coefficient (Wildman–Crippen LogP) is 4.20. The molecule has 1 N–H and O–H groups in total. The lowest BCUT2D eigenvalue weighted by Crippen LogP contribution is -2.52. The van der Waals surface area contributed by atoms with Crippen molar-refractivity contribution in [1.82, 2.24) is 10.2 Å². The molecule has 21 heavy (non-hydrogen) atoms. The van der Waals surface area contributed by atoms with Gasteiger partial charge in [-0.1, -0.05) is 39.0 Å². The molecule has 2 aliphatic heterocycles. The maximum atomic E-state index is 3.57. The van der Waals surface area contributed by atoms with E-state index < -0.39 is 0 Å². The monoisotopic (exact) mass is 292 g/mol. The molecule has 3 unspecified atom stereocenters. The van der Waals surface area contributed by atoms with Crippen LogP contribution in [0.25, 0.3) is 0 Å². The van der Waals surface area contributed by atoms with Crippen molar-refractivity contribution < 1.29 is 0 Å². The van der Waals surface area contributed by atoms with Crippen molar-refractivity contribution in [1.29, 1.82) is 0 Å². The third-order valence-corrected chi connectivity index (χ3v) is 6.59. The molecule has 3 fully saturated rings. The van der Waals surface area contributed by atoms with Crippen molar-refractivity contribution in [3.05, 3.63) is 0 Å². The summed E-state index contributed by atoms with van der Waals surface area (Å²) in [5, 5.41) is 3.57. The van der Waals surface area contributed by atoms with Gasteiger partial charge in [-0.05, 0) is 70.0 Å². The van der Waals surface area contributed by atoms with Gasteiger partial charge in [-0.3, -0.25) is 4.90 Å². The van der Waals surface area contributed by atoms with Crippen molar-refractivity contribution in [3.8, 4) is 0 Å². The molecular formula is C19H36N2. The van der Waals surface area contributed by atoms with Gasteiger partial charge in [0.05, 0.1) is 0 Å². The fourth-order valence-corrected chi connectivity index (χ4v) is 5.40. The topological polar surface area (TPSA) is 15.3 Å². The van der Waals surface area contributed by atoms with E-state index in [2.05, 4.69) is 17.1 Å². The highest BCUT2D eigenvalue weighted by Gasteiger charge is 2.37. The standard InChI is InChI=1S/C19H36N2/c1-2-16-8-5-6-10-18(16)21-15-7-3-4-9-19(21)17-11-13-20-14-12-17/h16-20H,2-15H2,1H3. The molecule has 3 aliphatic rings. The van der Waals surface area contributed by atoms with E-state index in [9.17, 15) is 0 Å². The Morgan fingerprint density at radius 3 is 2.33 bits per heavy atom. The first-order chi connectivity index (χ1) is 10.4. The third-order valence-electron chi connectivity index (χ3n) is 6.59. The lowest BCUT2D eigenvalue weighted by Gasteiger charge is -2.46. The molecular weight excluding hydrogens is 256 g/mol. The summed E-state index contributed by atoms with van der Waals surface area (Å²) in [6, 6.07) is 1.83. The van der Waals surface area contributed by atoms with E-state index in [-0.39, 0.29) is 0 Å². The van der Waals surface area contributed by atoms with Crippen LogP contribution < -0.4 is 5.32 Å². The van der Waals surface area contributed by atoms with Gasteiger partial charge < -0.3 is 5.32 Å². The van der Waals surface area contributed by atoms with Crippen molar-refractivity contribution in [2.45, 2.75) is 89.6 Å².